The number of alkyl halides is 5. The molecule has 35 heavy (non-hydrogen) atoms. The van der Waals surface area contributed by atoms with E-state index in [0.29, 0.717) is 16.7 Å². The Morgan fingerprint density at radius 2 is 1.80 bits per heavy atom. The average molecular weight is 541 g/mol. The van der Waals surface area contributed by atoms with Crippen LogP contribution in [0.1, 0.15) is 11.5 Å². The highest BCUT2D eigenvalue weighted by Gasteiger charge is 2.63. The molecule has 0 aliphatic carbocycles. The van der Waals surface area contributed by atoms with E-state index in [1.165, 1.54) is 4.90 Å². The first-order valence-corrected chi connectivity index (χ1v) is 11.8. The normalized spacial score (nSPS) is 18.3. The average Bonchev–Trinajstić information content (AvgIpc) is 3.21. The molecule has 1 aliphatic heterocycles. The Labute approximate surface area is 199 Å². The van der Waals surface area contributed by atoms with E-state index in [9.17, 15) is 34.8 Å². The molecule has 0 spiro atoms. The summed E-state index contributed by atoms with van der Waals surface area (Å²) in [4.78, 5) is 4.12. The zero-order chi connectivity index (χ0) is 25.8. The quantitative estimate of drug-likeness (QED) is 0.492. The lowest BCUT2D eigenvalue weighted by Crippen LogP contribution is -2.39. The van der Waals surface area contributed by atoms with Crippen molar-refractivity contribution in [3.63, 3.8) is 0 Å². The molecule has 1 aromatic heterocycles. The molecule has 2 N–H and O–H groups in total. The van der Waals surface area contributed by atoms with Gasteiger partial charge in [0.15, 0.2) is 9.84 Å². The topological polar surface area (TPSA) is 102 Å². The second-order valence-electron chi connectivity index (χ2n) is 7.84. The monoisotopic (exact) mass is 540 g/mol. The number of nitrogens with two attached hydrogens (primary N) is 1. The molecule has 3 aromatic rings. The summed E-state index contributed by atoms with van der Waals surface area (Å²) in [7, 11) is -4.08. The van der Waals surface area contributed by atoms with E-state index in [2.05, 4.69) is 14.7 Å². The summed E-state index contributed by atoms with van der Waals surface area (Å²) in [6, 6.07) is 7.26. The van der Waals surface area contributed by atoms with Gasteiger partial charge in [-0.2, -0.15) is 26.9 Å². The summed E-state index contributed by atoms with van der Waals surface area (Å²) in [5.74, 6) is -10.2. The number of rotatable bonds is 4. The first kappa shape index (κ1) is 25.3. The molecule has 0 fully saturated rings. The van der Waals surface area contributed by atoms with Crippen molar-refractivity contribution in [2.75, 3.05) is 17.2 Å². The van der Waals surface area contributed by atoms with Gasteiger partial charge in [-0.3, -0.25) is 0 Å². The number of sulfone groups is 1. The van der Waals surface area contributed by atoms with Crippen LogP contribution in [-0.2, 0) is 22.3 Å². The summed E-state index contributed by atoms with van der Waals surface area (Å²) < 4.78 is 110. The number of halogens is 7. The van der Waals surface area contributed by atoms with Crippen molar-refractivity contribution in [1.82, 2.24) is 10.1 Å². The Morgan fingerprint density at radius 3 is 2.43 bits per heavy atom. The van der Waals surface area contributed by atoms with E-state index in [1.54, 1.807) is 24.3 Å². The fourth-order valence-corrected chi connectivity index (χ4v) is 5.32. The van der Waals surface area contributed by atoms with Crippen molar-refractivity contribution in [2.45, 2.75) is 29.6 Å². The van der Waals surface area contributed by atoms with Gasteiger partial charge in [-0.25, -0.2) is 12.8 Å². The van der Waals surface area contributed by atoms with Crippen molar-refractivity contribution in [1.29, 1.82) is 0 Å². The van der Waals surface area contributed by atoms with Crippen LogP contribution in [-0.4, -0.2) is 43.1 Å². The van der Waals surface area contributed by atoms with Gasteiger partial charge in [-0.15, -0.1) is 0 Å². The smallest absolute Gasteiger partial charge is 0.365 e. The van der Waals surface area contributed by atoms with Crippen LogP contribution in [0.4, 0.5) is 32.0 Å². The maximum atomic E-state index is 14.9. The van der Waals surface area contributed by atoms with Gasteiger partial charge >= 0.3 is 18.0 Å². The van der Waals surface area contributed by atoms with Crippen molar-refractivity contribution in [3.05, 3.63) is 58.7 Å². The lowest BCUT2D eigenvalue weighted by molar-refractivity contribution is -0.298. The molecule has 4 rings (SSSR count). The molecule has 0 radical (unpaired) electrons. The van der Waals surface area contributed by atoms with E-state index >= 15 is 0 Å². The number of benzene rings is 2. The van der Waals surface area contributed by atoms with Crippen molar-refractivity contribution in [3.8, 4) is 11.4 Å². The molecule has 2 aromatic carbocycles. The number of nitrogens with zero attached hydrogens (tertiary/aromatic N) is 3. The maximum Gasteiger partial charge on any atom is 0.463 e. The van der Waals surface area contributed by atoms with E-state index in [-0.39, 0.29) is 18.8 Å². The van der Waals surface area contributed by atoms with Crippen LogP contribution in [0.5, 0.6) is 0 Å². The van der Waals surface area contributed by atoms with Gasteiger partial charge in [0.25, 0.3) is 0 Å². The molecule has 0 amide bonds. The SMILES string of the molecule is N[C@@H]1CN(Cc2ccc(Cl)cc2)c2cc(-c3noc(C(F)(F)C(F)(F)F)n3)c(F)cc2S(=O)(=O)C1. The van der Waals surface area contributed by atoms with Crippen molar-refractivity contribution >= 4 is 27.1 Å². The fourth-order valence-electron chi connectivity index (χ4n) is 3.56. The molecule has 0 unspecified atom stereocenters. The highest BCUT2D eigenvalue weighted by molar-refractivity contribution is 7.91. The van der Waals surface area contributed by atoms with Gasteiger partial charge in [-0.05, 0) is 29.8 Å². The Balaban J connectivity index is 1.83. The zero-order valence-electron chi connectivity index (χ0n) is 17.4. The zero-order valence-corrected chi connectivity index (χ0v) is 18.9. The third kappa shape index (κ3) is 4.82. The summed E-state index contributed by atoms with van der Waals surface area (Å²) in [6.07, 6.45) is -6.03. The van der Waals surface area contributed by atoms with Crippen LogP contribution in [0, 0.1) is 5.82 Å². The lowest BCUT2D eigenvalue weighted by atomic mass is 10.1. The Hall–Kier alpha value is -2.84. The third-order valence-corrected chi connectivity index (χ3v) is 7.31. The first-order chi connectivity index (χ1) is 16.2. The highest BCUT2D eigenvalue weighted by atomic mass is 35.5. The van der Waals surface area contributed by atoms with Crippen LogP contribution >= 0.6 is 11.6 Å². The Kier molecular flexibility index (Phi) is 6.26. The van der Waals surface area contributed by atoms with Gasteiger partial charge in [0.2, 0.25) is 5.82 Å². The number of anilines is 1. The van der Waals surface area contributed by atoms with Crippen LogP contribution in [0.15, 0.2) is 45.8 Å². The number of hydrogen-bond donors (Lipinski definition) is 1. The number of hydrogen-bond acceptors (Lipinski definition) is 7. The molecule has 188 valence electrons. The summed E-state index contributed by atoms with van der Waals surface area (Å²) >= 11 is 5.89. The summed E-state index contributed by atoms with van der Waals surface area (Å²) in [6.45, 7) is 0.103. The van der Waals surface area contributed by atoms with Crippen LogP contribution in [0.2, 0.25) is 5.02 Å². The van der Waals surface area contributed by atoms with Crippen molar-refractivity contribution < 1.29 is 39.3 Å². The van der Waals surface area contributed by atoms with Gasteiger partial charge in [0.1, 0.15) is 5.82 Å². The van der Waals surface area contributed by atoms with Crippen LogP contribution < -0.4 is 10.6 Å². The minimum atomic E-state index is -6.03. The largest absolute Gasteiger partial charge is 0.463 e. The molecule has 7 nitrogen and oxygen atoms in total. The minimum Gasteiger partial charge on any atom is -0.365 e. The standard InChI is InChI=1S/C20H15ClF6N4O3S/c21-11-3-1-10(2-4-11)7-31-8-12(28)9-35(32,33)16-6-14(22)13(5-15(16)31)17-29-18(34-30-17)19(23,24)20(25,26)27/h1-6,12H,7-9,28H2/t12-/m1/s1. The molecular weight excluding hydrogens is 526 g/mol. The predicted octanol–water partition coefficient (Wildman–Crippen LogP) is 4.30. The van der Waals surface area contributed by atoms with Gasteiger partial charge in [0.05, 0.1) is 21.9 Å². The summed E-state index contributed by atoms with van der Waals surface area (Å²) in [5, 5.41) is 3.51. The van der Waals surface area contributed by atoms with E-state index in [0.717, 1.165) is 6.07 Å². The molecule has 0 saturated carbocycles. The van der Waals surface area contributed by atoms with Crippen LogP contribution in [0.25, 0.3) is 11.4 Å². The second-order valence-corrected chi connectivity index (χ2v) is 10.3. The fraction of sp³-hybridized carbons (Fsp3) is 0.300. The predicted molar refractivity (Wildman–Crippen MR) is 112 cm³/mol. The molecule has 1 atom stereocenters. The number of fused-ring (bicyclic) bond motifs is 1. The van der Waals surface area contributed by atoms with Crippen molar-refractivity contribution in [2.24, 2.45) is 5.73 Å². The minimum absolute atomic E-state index is 0.00354. The molecule has 2 heterocycles. The molecule has 1 aliphatic rings. The summed E-state index contributed by atoms with van der Waals surface area (Å²) in [5.41, 5.74) is 5.96. The number of aromatic nitrogens is 2. The third-order valence-electron chi connectivity index (χ3n) is 5.19. The highest BCUT2D eigenvalue weighted by Crippen LogP contribution is 2.44. The van der Waals surface area contributed by atoms with Crippen LogP contribution in [0.3, 0.4) is 0 Å². The second kappa shape index (κ2) is 8.68. The first-order valence-electron chi connectivity index (χ1n) is 9.79. The van der Waals surface area contributed by atoms with E-state index in [4.69, 9.17) is 17.3 Å². The molecular formula is C20H15ClF6N4O3S. The van der Waals surface area contributed by atoms with Gasteiger partial charge in [0, 0.05) is 24.2 Å². The lowest BCUT2D eigenvalue weighted by Gasteiger charge is -2.26. The van der Waals surface area contributed by atoms with Gasteiger partial charge in [-0.1, -0.05) is 28.9 Å². The Morgan fingerprint density at radius 1 is 1.14 bits per heavy atom. The van der Waals surface area contributed by atoms with Gasteiger partial charge < -0.3 is 15.2 Å². The van der Waals surface area contributed by atoms with E-state index in [1.807, 2.05) is 0 Å². The molecule has 15 heteroatoms. The molecule has 0 bridgehead atoms. The maximum absolute atomic E-state index is 14.9. The van der Waals surface area contributed by atoms with E-state index < -0.39 is 61.7 Å². The molecule has 0 saturated heterocycles. The Bertz CT molecular complexity index is 1360.